The number of amides is 1. The SMILES string of the molecule is CC(C)(C)C(=O)NC[C@H]1O[C@H](O)[C@@H](O)[C@@H](O)[C@@H]1O. The highest BCUT2D eigenvalue weighted by Crippen LogP contribution is 2.20. The second-order valence-corrected chi connectivity index (χ2v) is 5.50. The highest BCUT2D eigenvalue weighted by molar-refractivity contribution is 5.81. The quantitative estimate of drug-likeness (QED) is 0.391. The van der Waals surface area contributed by atoms with E-state index in [1.807, 2.05) is 0 Å². The molecule has 7 nitrogen and oxygen atoms in total. The number of hydrogen-bond acceptors (Lipinski definition) is 6. The van der Waals surface area contributed by atoms with Crippen LogP contribution in [0, 0.1) is 5.41 Å². The molecular formula is C11H21NO6. The normalized spacial score (nSPS) is 37.4. The zero-order chi connectivity index (χ0) is 14.1. The predicted octanol–water partition coefficient (Wildman–Crippen LogP) is -2.05. The molecule has 0 bridgehead atoms. The Kier molecular flexibility index (Phi) is 4.68. The number of aliphatic hydroxyl groups excluding tert-OH is 4. The molecule has 1 rings (SSSR count). The fraction of sp³-hybridized carbons (Fsp3) is 0.909. The van der Waals surface area contributed by atoms with Crippen LogP contribution in [0.4, 0.5) is 0 Å². The first-order valence-corrected chi connectivity index (χ1v) is 5.80. The summed E-state index contributed by atoms with van der Waals surface area (Å²) in [5.41, 5.74) is -0.587. The Morgan fingerprint density at radius 3 is 2.17 bits per heavy atom. The van der Waals surface area contributed by atoms with Gasteiger partial charge in [0.25, 0.3) is 0 Å². The lowest BCUT2D eigenvalue weighted by atomic mass is 9.95. The molecule has 1 aliphatic rings. The molecule has 0 unspecified atom stereocenters. The van der Waals surface area contributed by atoms with Crippen LogP contribution in [0.15, 0.2) is 0 Å². The van der Waals surface area contributed by atoms with Gasteiger partial charge in [0.05, 0.1) is 0 Å². The average molecular weight is 263 g/mol. The Bertz CT molecular complexity index is 302. The number of aliphatic hydroxyl groups is 4. The highest BCUT2D eigenvalue weighted by Gasteiger charge is 2.43. The molecule has 1 amide bonds. The molecule has 0 saturated carbocycles. The lowest BCUT2D eigenvalue weighted by Gasteiger charge is -2.38. The van der Waals surface area contributed by atoms with E-state index < -0.39 is 36.1 Å². The van der Waals surface area contributed by atoms with Crippen LogP contribution >= 0.6 is 0 Å². The molecule has 5 atom stereocenters. The number of carbonyl (C=O) groups is 1. The maximum Gasteiger partial charge on any atom is 0.225 e. The molecule has 0 aromatic heterocycles. The van der Waals surface area contributed by atoms with E-state index in [0.29, 0.717) is 0 Å². The molecule has 1 heterocycles. The van der Waals surface area contributed by atoms with Crippen molar-refractivity contribution in [2.45, 2.75) is 51.5 Å². The van der Waals surface area contributed by atoms with Gasteiger partial charge in [-0.3, -0.25) is 4.79 Å². The summed E-state index contributed by atoms with van der Waals surface area (Å²) < 4.78 is 4.93. The van der Waals surface area contributed by atoms with Gasteiger partial charge in [-0.15, -0.1) is 0 Å². The first-order valence-electron chi connectivity index (χ1n) is 5.80. The van der Waals surface area contributed by atoms with E-state index in [2.05, 4.69) is 5.32 Å². The molecular weight excluding hydrogens is 242 g/mol. The third-order valence-electron chi connectivity index (χ3n) is 2.83. The number of rotatable bonds is 2. The van der Waals surface area contributed by atoms with Gasteiger partial charge in [-0.25, -0.2) is 0 Å². The molecule has 5 N–H and O–H groups in total. The van der Waals surface area contributed by atoms with E-state index in [0.717, 1.165) is 0 Å². The summed E-state index contributed by atoms with van der Waals surface area (Å²) in [4.78, 5) is 11.6. The number of hydrogen-bond donors (Lipinski definition) is 5. The highest BCUT2D eigenvalue weighted by atomic mass is 16.6. The molecule has 0 spiro atoms. The molecule has 106 valence electrons. The summed E-state index contributed by atoms with van der Waals surface area (Å²) in [5, 5.41) is 40.2. The average Bonchev–Trinajstić information content (AvgIpc) is 2.27. The Labute approximate surface area is 105 Å². The van der Waals surface area contributed by atoms with Gasteiger partial charge in [0.2, 0.25) is 5.91 Å². The zero-order valence-electron chi connectivity index (χ0n) is 10.7. The van der Waals surface area contributed by atoms with Crippen LogP contribution in [0.5, 0.6) is 0 Å². The number of carbonyl (C=O) groups excluding carboxylic acids is 1. The number of ether oxygens (including phenoxy) is 1. The van der Waals surface area contributed by atoms with Crippen LogP contribution in [0.2, 0.25) is 0 Å². The fourth-order valence-corrected chi connectivity index (χ4v) is 1.56. The van der Waals surface area contributed by atoms with E-state index in [4.69, 9.17) is 4.74 Å². The maximum atomic E-state index is 11.6. The van der Waals surface area contributed by atoms with Crippen molar-refractivity contribution in [1.29, 1.82) is 0 Å². The van der Waals surface area contributed by atoms with Crippen molar-refractivity contribution in [2.24, 2.45) is 5.41 Å². The predicted molar refractivity (Wildman–Crippen MR) is 61.4 cm³/mol. The summed E-state index contributed by atoms with van der Waals surface area (Å²) in [5.74, 6) is -0.242. The van der Waals surface area contributed by atoms with Gasteiger partial charge in [-0.2, -0.15) is 0 Å². The van der Waals surface area contributed by atoms with Crippen molar-refractivity contribution < 1.29 is 30.0 Å². The summed E-state index contributed by atoms with van der Waals surface area (Å²) in [6, 6.07) is 0. The van der Waals surface area contributed by atoms with Gasteiger partial charge < -0.3 is 30.5 Å². The fourth-order valence-electron chi connectivity index (χ4n) is 1.56. The molecule has 1 saturated heterocycles. The van der Waals surface area contributed by atoms with Crippen molar-refractivity contribution >= 4 is 5.91 Å². The summed E-state index contributed by atoms with van der Waals surface area (Å²) in [6.07, 6.45) is -6.99. The summed E-state index contributed by atoms with van der Waals surface area (Å²) >= 11 is 0. The smallest absolute Gasteiger partial charge is 0.225 e. The van der Waals surface area contributed by atoms with Crippen LogP contribution < -0.4 is 5.32 Å². The van der Waals surface area contributed by atoms with Crippen molar-refractivity contribution in [3.05, 3.63) is 0 Å². The third-order valence-corrected chi connectivity index (χ3v) is 2.83. The van der Waals surface area contributed by atoms with Gasteiger partial charge in [-0.05, 0) is 0 Å². The van der Waals surface area contributed by atoms with Crippen molar-refractivity contribution in [3.8, 4) is 0 Å². The first-order chi connectivity index (χ1) is 8.14. The second kappa shape index (κ2) is 5.50. The maximum absolute atomic E-state index is 11.6. The topological polar surface area (TPSA) is 119 Å². The molecule has 0 aliphatic carbocycles. The minimum atomic E-state index is -1.58. The van der Waals surface area contributed by atoms with Crippen molar-refractivity contribution in [3.63, 3.8) is 0 Å². The minimum Gasteiger partial charge on any atom is -0.388 e. The molecule has 18 heavy (non-hydrogen) atoms. The van der Waals surface area contributed by atoms with Crippen molar-refractivity contribution in [2.75, 3.05) is 6.54 Å². The van der Waals surface area contributed by atoms with Crippen molar-refractivity contribution in [1.82, 2.24) is 5.32 Å². The molecule has 0 aromatic rings. The van der Waals surface area contributed by atoms with E-state index in [9.17, 15) is 25.2 Å². The van der Waals surface area contributed by atoms with Crippen LogP contribution in [0.1, 0.15) is 20.8 Å². The monoisotopic (exact) mass is 263 g/mol. The molecule has 0 aromatic carbocycles. The second-order valence-electron chi connectivity index (χ2n) is 5.50. The standard InChI is InChI=1S/C11H21NO6/c1-11(2,3)10(17)12-4-5-6(13)7(14)8(15)9(16)18-5/h5-9,13-16H,4H2,1-3H3,(H,12,17)/t5-,6-,7+,8+,9+/m1/s1. The lowest BCUT2D eigenvalue weighted by molar-refractivity contribution is -0.280. The molecule has 1 fully saturated rings. The Morgan fingerprint density at radius 2 is 1.67 bits per heavy atom. The van der Waals surface area contributed by atoms with Crippen LogP contribution in [0.25, 0.3) is 0 Å². The van der Waals surface area contributed by atoms with Gasteiger partial charge in [-0.1, -0.05) is 20.8 Å². The molecule has 0 radical (unpaired) electrons. The van der Waals surface area contributed by atoms with Crippen LogP contribution in [-0.4, -0.2) is 63.6 Å². The third kappa shape index (κ3) is 3.39. The van der Waals surface area contributed by atoms with E-state index >= 15 is 0 Å². The van der Waals surface area contributed by atoms with E-state index in [1.165, 1.54) is 0 Å². The van der Waals surface area contributed by atoms with Gasteiger partial charge in [0.1, 0.15) is 24.4 Å². The van der Waals surface area contributed by atoms with E-state index in [1.54, 1.807) is 20.8 Å². The van der Waals surface area contributed by atoms with Crippen LogP contribution in [0.3, 0.4) is 0 Å². The zero-order valence-corrected chi connectivity index (χ0v) is 10.7. The van der Waals surface area contributed by atoms with Crippen LogP contribution in [-0.2, 0) is 9.53 Å². The Balaban J connectivity index is 2.55. The molecule has 7 heteroatoms. The van der Waals surface area contributed by atoms with Gasteiger partial charge >= 0.3 is 0 Å². The Morgan fingerprint density at radius 1 is 1.11 bits per heavy atom. The summed E-state index contributed by atoms with van der Waals surface area (Å²) in [7, 11) is 0. The Hall–Kier alpha value is -0.730. The minimum absolute atomic E-state index is 0.0574. The van der Waals surface area contributed by atoms with Gasteiger partial charge in [0, 0.05) is 12.0 Å². The van der Waals surface area contributed by atoms with E-state index in [-0.39, 0.29) is 12.5 Å². The summed E-state index contributed by atoms with van der Waals surface area (Å²) in [6.45, 7) is 5.13. The lowest BCUT2D eigenvalue weighted by Crippen LogP contribution is -2.60. The largest absolute Gasteiger partial charge is 0.388 e. The van der Waals surface area contributed by atoms with Gasteiger partial charge in [0.15, 0.2) is 6.29 Å². The first kappa shape index (κ1) is 15.3. The number of nitrogens with one attached hydrogen (secondary N) is 1. The molecule has 1 aliphatic heterocycles.